The van der Waals surface area contributed by atoms with Crippen molar-refractivity contribution in [2.45, 2.75) is 11.3 Å². The number of nitrogens with two attached hydrogens (primary N) is 1. The zero-order valence-electron chi connectivity index (χ0n) is 13.0. The lowest BCUT2D eigenvalue weighted by molar-refractivity contribution is -0.115. The molecule has 1 heterocycles. The Morgan fingerprint density at radius 2 is 1.96 bits per heavy atom. The van der Waals surface area contributed by atoms with Crippen molar-refractivity contribution in [3.05, 3.63) is 52.0 Å². The van der Waals surface area contributed by atoms with Crippen molar-refractivity contribution in [3.63, 3.8) is 0 Å². The quantitative estimate of drug-likeness (QED) is 0.826. The maximum Gasteiger partial charge on any atom is 0.243 e. The highest BCUT2D eigenvalue weighted by Crippen LogP contribution is 2.30. The molecular weight excluding hydrogens is 385 g/mol. The Labute approximate surface area is 155 Å². The highest BCUT2D eigenvalue weighted by molar-refractivity contribution is 7.89. The zero-order valence-corrected chi connectivity index (χ0v) is 15.3. The smallest absolute Gasteiger partial charge is 0.243 e. The predicted octanol–water partition coefficient (Wildman–Crippen LogP) is 2.64. The first kappa shape index (κ1) is 18.0. The van der Waals surface area contributed by atoms with Crippen molar-refractivity contribution in [3.8, 4) is 0 Å². The number of primary sulfonamides is 1. The Balaban J connectivity index is 1.77. The first-order valence-corrected chi connectivity index (χ1v) is 9.70. The number of hydrogen-bond donors (Lipinski definition) is 2. The maximum absolute atomic E-state index is 12.3. The Bertz CT molecular complexity index is 948. The van der Waals surface area contributed by atoms with Gasteiger partial charge in [-0.05, 0) is 42.3 Å². The molecule has 2 aromatic carbocycles. The Morgan fingerprint density at radius 1 is 1.20 bits per heavy atom. The van der Waals surface area contributed by atoms with Crippen LogP contribution in [-0.4, -0.2) is 27.4 Å². The maximum atomic E-state index is 12.3. The van der Waals surface area contributed by atoms with Crippen LogP contribution in [0.2, 0.25) is 10.0 Å². The molecule has 3 N–H and O–H groups in total. The van der Waals surface area contributed by atoms with Gasteiger partial charge in [0.05, 0.1) is 22.2 Å². The average Bonchev–Trinajstić information content (AvgIpc) is 2.92. The average molecular weight is 400 g/mol. The normalized spacial score (nSPS) is 13.6. The number of amides is 1. The Kier molecular flexibility index (Phi) is 4.92. The molecule has 0 fully saturated rings. The minimum atomic E-state index is -3.79. The molecular formula is C16H15Cl2N3O3S. The van der Waals surface area contributed by atoms with Crippen molar-refractivity contribution >= 4 is 50.5 Å². The molecule has 25 heavy (non-hydrogen) atoms. The number of carbonyl (C=O) groups is 1. The summed E-state index contributed by atoms with van der Waals surface area (Å²) >= 11 is 11.9. The van der Waals surface area contributed by atoms with Crippen LogP contribution >= 0.6 is 23.2 Å². The number of anilines is 2. The van der Waals surface area contributed by atoms with Crippen LogP contribution in [0.25, 0.3) is 0 Å². The largest absolute Gasteiger partial charge is 0.362 e. The van der Waals surface area contributed by atoms with Crippen LogP contribution in [0.5, 0.6) is 0 Å². The molecule has 0 atom stereocenters. The van der Waals surface area contributed by atoms with Gasteiger partial charge in [-0.3, -0.25) is 4.79 Å². The second-order valence-electron chi connectivity index (χ2n) is 5.68. The first-order chi connectivity index (χ1) is 11.7. The van der Waals surface area contributed by atoms with Crippen molar-refractivity contribution in [1.82, 2.24) is 0 Å². The van der Waals surface area contributed by atoms with E-state index in [4.69, 9.17) is 28.3 Å². The van der Waals surface area contributed by atoms with E-state index in [2.05, 4.69) is 5.32 Å². The van der Waals surface area contributed by atoms with E-state index in [0.29, 0.717) is 28.0 Å². The van der Waals surface area contributed by atoms with Crippen molar-refractivity contribution in [2.24, 2.45) is 5.14 Å². The van der Waals surface area contributed by atoms with Gasteiger partial charge in [0.2, 0.25) is 15.9 Å². The number of rotatable bonds is 4. The number of nitrogens with zero attached hydrogens (tertiary/aromatic N) is 1. The fraction of sp³-hybridized carbons (Fsp3) is 0.188. The van der Waals surface area contributed by atoms with Crippen molar-refractivity contribution in [2.75, 3.05) is 23.3 Å². The van der Waals surface area contributed by atoms with Gasteiger partial charge < -0.3 is 10.2 Å². The van der Waals surface area contributed by atoms with Gasteiger partial charge in [0.15, 0.2) is 0 Å². The zero-order chi connectivity index (χ0) is 18.2. The molecule has 0 radical (unpaired) electrons. The summed E-state index contributed by atoms with van der Waals surface area (Å²) in [6.07, 6.45) is 0.728. The molecule has 0 bridgehead atoms. The molecule has 1 aliphatic heterocycles. The highest BCUT2D eigenvalue weighted by Gasteiger charge is 2.23. The molecule has 0 spiro atoms. The van der Waals surface area contributed by atoms with E-state index in [-0.39, 0.29) is 17.3 Å². The third-order valence-corrected chi connectivity index (χ3v) is 5.39. The highest BCUT2D eigenvalue weighted by atomic mass is 35.5. The lowest BCUT2D eigenvalue weighted by Gasteiger charge is -2.19. The third kappa shape index (κ3) is 4.07. The molecule has 1 aliphatic rings. The Morgan fingerprint density at radius 3 is 2.68 bits per heavy atom. The summed E-state index contributed by atoms with van der Waals surface area (Å²) in [4.78, 5) is 14.2. The minimum absolute atomic E-state index is 0.0245. The predicted molar refractivity (Wildman–Crippen MR) is 98.8 cm³/mol. The lowest BCUT2D eigenvalue weighted by atomic mass is 10.2. The van der Waals surface area contributed by atoms with E-state index in [1.807, 2.05) is 0 Å². The summed E-state index contributed by atoms with van der Waals surface area (Å²) in [7, 11) is -3.79. The van der Waals surface area contributed by atoms with Crippen LogP contribution in [0.15, 0.2) is 41.3 Å². The second-order valence-corrected chi connectivity index (χ2v) is 8.08. The molecule has 0 unspecified atom stereocenters. The van der Waals surface area contributed by atoms with Gasteiger partial charge >= 0.3 is 0 Å². The number of halogens is 2. The Hall–Kier alpha value is -1.80. The van der Waals surface area contributed by atoms with Crippen LogP contribution < -0.4 is 15.4 Å². The summed E-state index contributed by atoms with van der Waals surface area (Å²) in [5.41, 5.74) is 2.09. The minimum Gasteiger partial charge on any atom is -0.362 e. The van der Waals surface area contributed by atoms with Gasteiger partial charge in [-0.15, -0.1) is 0 Å². The van der Waals surface area contributed by atoms with Gasteiger partial charge in [-0.25, -0.2) is 13.6 Å². The number of nitrogens with one attached hydrogen (secondary N) is 1. The first-order valence-electron chi connectivity index (χ1n) is 7.39. The number of fused-ring (bicyclic) bond motifs is 1. The van der Waals surface area contributed by atoms with Crippen LogP contribution in [0.1, 0.15) is 5.56 Å². The molecule has 0 aromatic heterocycles. The van der Waals surface area contributed by atoms with Crippen LogP contribution in [0.4, 0.5) is 11.4 Å². The van der Waals surface area contributed by atoms with E-state index in [0.717, 1.165) is 12.0 Å². The van der Waals surface area contributed by atoms with Crippen molar-refractivity contribution < 1.29 is 13.2 Å². The number of benzene rings is 2. The molecule has 2 aromatic rings. The van der Waals surface area contributed by atoms with Gasteiger partial charge in [0.25, 0.3) is 0 Å². The number of sulfonamides is 1. The summed E-state index contributed by atoms with van der Waals surface area (Å²) in [6.45, 7) is 0.671. The monoisotopic (exact) mass is 399 g/mol. The summed E-state index contributed by atoms with van der Waals surface area (Å²) < 4.78 is 23.0. The van der Waals surface area contributed by atoms with Crippen LogP contribution in [0.3, 0.4) is 0 Å². The van der Waals surface area contributed by atoms with E-state index < -0.39 is 10.0 Å². The molecule has 0 aliphatic carbocycles. The molecule has 0 saturated carbocycles. The van der Waals surface area contributed by atoms with Crippen molar-refractivity contribution in [1.29, 1.82) is 0 Å². The summed E-state index contributed by atoms with van der Waals surface area (Å²) in [5.74, 6) is -0.280. The van der Waals surface area contributed by atoms with Gasteiger partial charge in [0.1, 0.15) is 0 Å². The van der Waals surface area contributed by atoms with E-state index in [9.17, 15) is 13.2 Å². The molecule has 132 valence electrons. The van der Waals surface area contributed by atoms with E-state index in [1.165, 1.54) is 12.1 Å². The van der Waals surface area contributed by atoms with Crippen LogP contribution in [0, 0.1) is 0 Å². The molecule has 3 rings (SSSR count). The van der Waals surface area contributed by atoms with E-state index >= 15 is 0 Å². The standard InChI is InChI=1S/C16H15Cl2N3O3S/c17-11-2-4-13(18)14(7-11)20-16(22)9-21-6-5-10-1-3-12(8-15(10)21)25(19,23)24/h1-4,7-8H,5-6,9H2,(H,20,22)(H2,19,23,24). The van der Waals surface area contributed by atoms with Gasteiger partial charge in [-0.1, -0.05) is 29.3 Å². The summed E-state index contributed by atoms with van der Waals surface area (Å²) in [5, 5.41) is 8.74. The van der Waals surface area contributed by atoms with E-state index in [1.54, 1.807) is 29.2 Å². The number of hydrogen-bond acceptors (Lipinski definition) is 4. The fourth-order valence-electron chi connectivity index (χ4n) is 2.72. The third-order valence-electron chi connectivity index (χ3n) is 3.91. The lowest BCUT2D eigenvalue weighted by Crippen LogP contribution is -2.32. The summed E-state index contributed by atoms with van der Waals surface area (Å²) in [6, 6.07) is 9.49. The van der Waals surface area contributed by atoms with Gasteiger partial charge in [0, 0.05) is 17.3 Å². The molecule has 0 saturated heterocycles. The molecule has 6 nitrogen and oxygen atoms in total. The number of carbonyl (C=O) groups excluding carboxylic acids is 1. The fourth-order valence-corrected chi connectivity index (χ4v) is 3.59. The topological polar surface area (TPSA) is 92.5 Å². The van der Waals surface area contributed by atoms with Gasteiger partial charge in [-0.2, -0.15) is 0 Å². The molecule has 1 amide bonds. The molecule has 9 heteroatoms. The SMILES string of the molecule is NS(=O)(=O)c1ccc2c(c1)N(CC(=O)Nc1cc(Cl)ccc1Cl)CC2. The second kappa shape index (κ2) is 6.84. The van der Waals surface area contributed by atoms with Crippen LogP contribution in [-0.2, 0) is 21.2 Å².